The topological polar surface area (TPSA) is 15.3 Å². The molecule has 17 heavy (non-hydrogen) atoms. The van der Waals surface area contributed by atoms with E-state index in [4.69, 9.17) is 0 Å². The molecule has 1 rings (SSSR count). The number of nitrogens with one attached hydrogen (secondary N) is 1. The van der Waals surface area contributed by atoms with E-state index in [1.165, 1.54) is 12.1 Å². The third kappa shape index (κ3) is 4.84. The van der Waals surface area contributed by atoms with Gasteiger partial charge in [-0.1, -0.05) is 26.0 Å². The number of halogens is 1. The van der Waals surface area contributed by atoms with Crippen LogP contribution in [0.15, 0.2) is 24.3 Å². The second kappa shape index (κ2) is 7.41. The Bertz CT molecular complexity index is 311. The Kier molecular flexibility index (Phi) is 6.16. The highest BCUT2D eigenvalue weighted by Crippen LogP contribution is 2.17. The molecule has 1 aromatic rings. The molecular weight excluding hydrogens is 215 g/mol. The molecule has 1 aromatic carbocycles. The van der Waals surface area contributed by atoms with E-state index < -0.39 is 0 Å². The summed E-state index contributed by atoms with van der Waals surface area (Å²) in [6.07, 6.45) is 1.05. The van der Waals surface area contributed by atoms with Gasteiger partial charge in [0.05, 0.1) is 0 Å². The molecule has 0 fully saturated rings. The minimum Gasteiger partial charge on any atom is -0.310 e. The summed E-state index contributed by atoms with van der Waals surface area (Å²) in [6, 6.07) is 7.12. The van der Waals surface area contributed by atoms with Crippen molar-refractivity contribution in [2.75, 3.05) is 26.7 Å². The number of rotatable bonds is 7. The van der Waals surface area contributed by atoms with E-state index >= 15 is 0 Å². The molecule has 1 N–H and O–H groups in total. The fourth-order valence-electron chi connectivity index (χ4n) is 1.84. The molecular formula is C14H23FN2. The zero-order chi connectivity index (χ0) is 12.7. The zero-order valence-electron chi connectivity index (χ0n) is 11.0. The van der Waals surface area contributed by atoms with Gasteiger partial charge in [0, 0.05) is 6.04 Å². The summed E-state index contributed by atoms with van der Waals surface area (Å²) >= 11 is 0. The van der Waals surface area contributed by atoms with Crippen LogP contribution in [0.1, 0.15) is 31.9 Å². The van der Waals surface area contributed by atoms with Gasteiger partial charge in [0.2, 0.25) is 0 Å². The molecule has 3 heteroatoms. The minimum atomic E-state index is -0.172. The van der Waals surface area contributed by atoms with E-state index in [-0.39, 0.29) is 5.82 Å². The second-order valence-corrected chi connectivity index (χ2v) is 4.35. The van der Waals surface area contributed by atoms with Crippen LogP contribution in [0.5, 0.6) is 0 Å². The summed E-state index contributed by atoms with van der Waals surface area (Å²) in [5.74, 6) is -0.172. The Hall–Kier alpha value is -0.930. The van der Waals surface area contributed by atoms with Crippen molar-refractivity contribution < 1.29 is 4.39 Å². The van der Waals surface area contributed by atoms with E-state index in [2.05, 4.69) is 31.1 Å². The first-order valence-corrected chi connectivity index (χ1v) is 6.34. The second-order valence-electron chi connectivity index (χ2n) is 4.35. The third-order valence-electron chi connectivity index (χ3n) is 3.06. The van der Waals surface area contributed by atoms with Crippen LogP contribution >= 0.6 is 0 Å². The van der Waals surface area contributed by atoms with Crippen LogP contribution in [0.2, 0.25) is 0 Å². The van der Waals surface area contributed by atoms with Crippen LogP contribution in [0, 0.1) is 5.82 Å². The molecule has 0 saturated heterocycles. The fourth-order valence-corrected chi connectivity index (χ4v) is 1.84. The minimum absolute atomic E-state index is 0.172. The molecule has 96 valence electrons. The van der Waals surface area contributed by atoms with Crippen LogP contribution in [0.3, 0.4) is 0 Å². The molecule has 2 nitrogen and oxygen atoms in total. The molecule has 0 spiro atoms. The standard InChI is InChI=1S/C14H23FN2/c1-4-16-14(10-11-17(3)5-2)12-6-8-13(15)9-7-12/h6-9,14,16H,4-5,10-11H2,1-3H3. The number of nitrogens with zero attached hydrogens (tertiary/aromatic N) is 1. The molecule has 0 saturated carbocycles. The molecule has 0 bridgehead atoms. The lowest BCUT2D eigenvalue weighted by Gasteiger charge is -2.21. The summed E-state index contributed by atoms with van der Waals surface area (Å²) in [5.41, 5.74) is 1.16. The lowest BCUT2D eigenvalue weighted by atomic mass is 10.0. The Morgan fingerprint density at radius 3 is 2.41 bits per heavy atom. The maximum absolute atomic E-state index is 12.9. The number of benzene rings is 1. The van der Waals surface area contributed by atoms with Crippen LogP contribution < -0.4 is 5.32 Å². The van der Waals surface area contributed by atoms with Gasteiger partial charge in [0.25, 0.3) is 0 Å². The van der Waals surface area contributed by atoms with Crippen molar-refractivity contribution in [2.24, 2.45) is 0 Å². The molecule has 1 atom stereocenters. The van der Waals surface area contributed by atoms with Crippen molar-refractivity contribution >= 4 is 0 Å². The lowest BCUT2D eigenvalue weighted by Crippen LogP contribution is -2.27. The van der Waals surface area contributed by atoms with E-state index in [9.17, 15) is 4.39 Å². The van der Waals surface area contributed by atoms with Gasteiger partial charge < -0.3 is 10.2 Å². The smallest absolute Gasteiger partial charge is 0.123 e. The molecule has 0 aliphatic heterocycles. The summed E-state index contributed by atoms with van der Waals surface area (Å²) in [4.78, 5) is 2.29. The van der Waals surface area contributed by atoms with Crippen LogP contribution in [0.4, 0.5) is 4.39 Å². The molecule has 1 unspecified atom stereocenters. The van der Waals surface area contributed by atoms with Gasteiger partial charge in [0.1, 0.15) is 5.82 Å². The van der Waals surface area contributed by atoms with Crippen LogP contribution in [-0.2, 0) is 0 Å². The monoisotopic (exact) mass is 238 g/mol. The van der Waals surface area contributed by atoms with E-state index in [0.29, 0.717) is 6.04 Å². The van der Waals surface area contributed by atoms with Crippen LogP contribution in [-0.4, -0.2) is 31.6 Å². The predicted octanol–water partition coefficient (Wildman–Crippen LogP) is 2.82. The van der Waals surface area contributed by atoms with E-state index in [1.807, 2.05) is 12.1 Å². The van der Waals surface area contributed by atoms with Crippen molar-refractivity contribution in [1.82, 2.24) is 10.2 Å². The Morgan fingerprint density at radius 1 is 1.24 bits per heavy atom. The lowest BCUT2D eigenvalue weighted by molar-refractivity contribution is 0.322. The summed E-state index contributed by atoms with van der Waals surface area (Å²) in [6.45, 7) is 7.28. The number of hydrogen-bond donors (Lipinski definition) is 1. The molecule has 0 amide bonds. The van der Waals surface area contributed by atoms with Crippen molar-refractivity contribution in [2.45, 2.75) is 26.3 Å². The van der Waals surface area contributed by atoms with Crippen molar-refractivity contribution in [3.63, 3.8) is 0 Å². The first-order chi connectivity index (χ1) is 8.17. The maximum atomic E-state index is 12.9. The number of hydrogen-bond acceptors (Lipinski definition) is 2. The third-order valence-corrected chi connectivity index (χ3v) is 3.06. The first-order valence-electron chi connectivity index (χ1n) is 6.34. The van der Waals surface area contributed by atoms with Gasteiger partial charge >= 0.3 is 0 Å². The fraction of sp³-hybridized carbons (Fsp3) is 0.571. The maximum Gasteiger partial charge on any atom is 0.123 e. The first kappa shape index (κ1) is 14.1. The largest absolute Gasteiger partial charge is 0.310 e. The Labute approximate surface area is 104 Å². The highest BCUT2D eigenvalue weighted by molar-refractivity contribution is 5.19. The summed E-state index contributed by atoms with van der Waals surface area (Å²) < 4.78 is 12.9. The Morgan fingerprint density at radius 2 is 1.88 bits per heavy atom. The SMILES string of the molecule is CCNC(CCN(C)CC)c1ccc(F)cc1. The molecule has 0 aromatic heterocycles. The zero-order valence-corrected chi connectivity index (χ0v) is 11.0. The normalized spacial score (nSPS) is 13.0. The quantitative estimate of drug-likeness (QED) is 0.786. The molecule has 0 radical (unpaired) electrons. The van der Waals surface area contributed by atoms with Gasteiger partial charge in [-0.3, -0.25) is 0 Å². The van der Waals surface area contributed by atoms with Gasteiger partial charge in [-0.15, -0.1) is 0 Å². The average Bonchev–Trinajstić information content (AvgIpc) is 2.35. The van der Waals surface area contributed by atoms with Gasteiger partial charge in [0.15, 0.2) is 0 Å². The highest BCUT2D eigenvalue weighted by Gasteiger charge is 2.10. The van der Waals surface area contributed by atoms with Crippen molar-refractivity contribution in [3.8, 4) is 0 Å². The van der Waals surface area contributed by atoms with E-state index in [0.717, 1.165) is 31.6 Å². The molecule has 0 aliphatic rings. The average molecular weight is 238 g/mol. The summed E-state index contributed by atoms with van der Waals surface area (Å²) in [5, 5.41) is 3.45. The van der Waals surface area contributed by atoms with Gasteiger partial charge in [-0.25, -0.2) is 4.39 Å². The van der Waals surface area contributed by atoms with Gasteiger partial charge in [-0.05, 0) is 50.8 Å². The highest BCUT2D eigenvalue weighted by atomic mass is 19.1. The molecule has 0 aliphatic carbocycles. The Balaban J connectivity index is 2.61. The summed E-state index contributed by atoms with van der Waals surface area (Å²) in [7, 11) is 2.12. The van der Waals surface area contributed by atoms with Gasteiger partial charge in [-0.2, -0.15) is 0 Å². The molecule has 0 heterocycles. The predicted molar refractivity (Wildman–Crippen MR) is 70.6 cm³/mol. The van der Waals surface area contributed by atoms with E-state index in [1.54, 1.807) is 0 Å². The van der Waals surface area contributed by atoms with Crippen LogP contribution in [0.25, 0.3) is 0 Å². The van der Waals surface area contributed by atoms with Crippen molar-refractivity contribution in [1.29, 1.82) is 0 Å². The van der Waals surface area contributed by atoms with Crippen molar-refractivity contribution in [3.05, 3.63) is 35.6 Å².